The molecule has 11 heteroatoms. The SMILES string of the molecule is C=CC1=C(C)[C@@H](CC2N/C(=C\c3[nH]c(/C=C4\NC(=O)[C@H](C)[C@H]4[C@H](C)S)c(C)c3CCC(=O)O)C(CCC(=O)O)=C2C)NC1=O. The van der Waals surface area contributed by atoms with Gasteiger partial charge in [0.05, 0.1) is 6.04 Å². The highest BCUT2D eigenvalue weighted by atomic mass is 32.1. The number of allylic oxidation sites excluding steroid dienone is 2. The number of carbonyl (C=O) groups is 4. The molecule has 0 saturated carbocycles. The maximum atomic E-state index is 12.5. The number of thiol groups is 1. The normalized spacial score (nSPS) is 26.0. The standard InChI is InChI=1S/C33H42N4O6S/c1-7-20-15(2)25(36-33(20)43)12-23-16(3)21(8-10-29(38)39)26(34-23)14-27-22(9-11-30(40)41)17(4)24(35-27)13-28-31(19(6)44)18(5)32(42)37-28/h7,13-14,18-19,23,25,31,34-35,44H,1,8-12H2,2-6H3,(H,36,43)(H,37,42)(H,38,39)(H,40,41)/b26-14-,28-13-/t18-,19+,23?,25-,31+/m1/s1. The van der Waals surface area contributed by atoms with Gasteiger partial charge in [0, 0.05) is 64.3 Å². The number of carboxylic acids is 2. The number of hydrogen-bond acceptors (Lipinski definition) is 6. The summed E-state index contributed by atoms with van der Waals surface area (Å²) in [4.78, 5) is 51.5. The molecule has 2 amide bonds. The predicted molar refractivity (Wildman–Crippen MR) is 173 cm³/mol. The Labute approximate surface area is 263 Å². The molecule has 10 nitrogen and oxygen atoms in total. The molecule has 44 heavy (non-hydrogen) atoms. The molecule has 5 atom stereocenters. The number of hydrogen-bond donors (Lipinski definition) is 7. The minimum absolute atomic E-state index is 0.0493. The topological polar surface area (TPSA) is 161 Å². The van der Waals surface area contributed by atoms with Crippen molar-refractivity contribution in [1.29, 1.82) is 0 Å². The summed E-state index contributed by atoms with van der Waals surface area (Å²) in [5.74, 6) is -2.36. The van der Waals surface area contributed by atoms with E-state index < -0.39 is 11.9 Å². The summed E-state index contributed by atoms with van der Waals surface area (Å²) < 4.78 is 0. The zero-order chi connectivity index (χ0) is 32.5. The molecule has 3 aliphatic rings. The molecule has 0 radical (unpaired) electrons. The Bertz CT molecular complexity index is 1530. The lowest BCUT2D eigenvalue weighted by Gasteiger charge is -2.20. The molecule has 1 aromatic rings. The Hall–Kier alpha value is -3.99. The number of carboxylic acid groups (broad SMARTS) is 2. The van der Waals surface area contributed by atoms with E-state index in [1.165, 1.54) is 0 Å². The molecule has 0 bridgehead atoms. The summed E-state index contributed by atoms with van der Waals surface area (Å²) >= 11 is 4.62. The first-order valence-electron chi connectivity index (χ1n) is 14.9. The van der Waals surface area contributed by atoms with Gasteiger partial charge in [0.1, 0.15) is 0 Å². The number of carbonyl (C=O) groups excluding carboxylic acids is 2. The van der Waals surface area contributed by atoms with E-state index in [9.17, 15) is 29.4 Å². The van der Waals surface area contributed by atoms with Crippen LogP contribution >= 0.6 is 12.6 Å². The van der Waals surface area contributed by atoms with Crippen molar-refractivity contribution in [3.05, 3.63) is 68.9 Å². The number of aromatic nitrogens is 1. The number of nitrogens with one attached hydrogen (secondary N) is 4. The first kappa shape index (κ1) is 32.9. The molecule has 0 aliphatic carbocycles. The van der Waals surface area contributed by atoms with E-state index in [0.29, 0.717) is 24.1 Å². The molecule has 0 spiro atoms. The quantitative estimate of drug-likeness (QED) is 0.171. The van der Waals surface area contributed by atoms with Crippen LogP contribution in [0.5, 0.6) is 0 Å². The number of rotatable bonds is 12. The van der Waals surface area contributed by atoms with E-state index in [-0.39, 0.29) is 60.2 Å². The Morgan fingerprint density at radius 3 is 2.20 bits per heavy atom. The van der Waals surface area contributed by atoms with Gasteiger partial charge in [0.25, 0.3) is 5.91 Å². The predicted octanol–water partition coefficient (Wildman–Crippen LogP) is 4.27. The minimum atomic E-state index is -0.914. The lowest BCUT2D eigenvalue weighted by Crippen LogP contribution is -2.36. The third-order valence-electron chi connectivity index (χ3n) is 9.14. The summed E-state index contributed by atoms with van der Waals surface area (Å²) in [7, 11) is 0. The Kier molecular flexibility index (Phi) is 9.98. The van der Waals surface area contributed by atoms with Crippen LogP contribution in [0.3, 0.4) is 0 Å². The van der Waals surface area contributed by atoms with Gasteiger partial charge >= 0.3 is 11.9 Å². The van der Waals surface area contributed by atoms with Crippen molar-refractivity contribution >= 4 is 48.5 Å². The van der Waals surface area contributed by atoms with Crippen molar-refractivity contribution in [3.8, 4) is 0 Å². The van der Waals surface area contributed by atoms with Gasteiger partial charge in [-0.1, -0.05) is 26.5 Å². The molecule has 4 heterocycles. The summed E-state index contributed by atoms with van der Waals surface area (Å²) in [6.07, 6.45) is 6.45. The molecule has 1 aromatic heterocycles. The molecule has 6 N–H and O–H groups in total. The molecule has 236 valence electrons. The third kappa shape index (κ3) is 6.72. The van der Waals surface area contributed by atoms with Crippen molar-refractivity contribution in [2.75, 3.05) is 0 Å². The molecule has 1 fully saturated rings. The Balaban J connectivity index is 1.75. The van der Waals surface area contributed by atoms with E-state index in [1.807, 2.05) is 46.8 Å². The van der Waals surface area contributed by atoms with Gasteiger partial charge in [-0.3, -0.25) is 19.2 Å². The second-order valence-corrected chi connectivity index (χ2v) is 12.8. The second kappa shape index (κ2) is 13.3. The zero-order valence-corrected chi connectivity index (χ0v) is 26.7. The third-order valence-corrected chi connectivity index (χ3v) is 9.46. The average Bonchev–Trinajstić information content (AvgIpc) is 3.59. The van der Waals surface area contributed by atoms with E-state index in [1.54, 1.807) is 6.08 Å². The monoisotopic (exact) mass is 622 g/mol. The zero-order valence-electron chi connectivity index (χ0n) is 25.8. The van der Waals surface area contributed by atoms with Gasteiger partial charge in [-0.2, -0.15) is 12.6 Å². The fourth-order valence-electron chi connectivity index (χ4n) is 6.55. The van der Waals surface area contributed by atoms with Gasteiger partial charge < -0.3 is 31.1 Å². The van der Waals surface area contributed by atoms with Crippen LogP contribution in [0.4, 0.5) is 0 Å². The van der Waals surface area contributed by atoms with Crippen LogP contribution in [0.15, 0.2) is 46.3 Å². The van der Waals surface area contributed by atoms with Gasteiger partial charge in [0.2, 0.25) is 5.91 Å². The van der Waals surface area contributed by atoms with E-state index in [0.717, 1.165) is 44.9 Å². The van der Waals surface area contributed by atoms with Crippen molar-refractivity contribution in [1.82, 2.24) is 20.9 Å². The first-order chi connectivity index (χ1) is 20.7. The fraction of sp³-hybridized carbons (Fsp3) is 0.455. The van der Waals surface area contributed by atoms with Crippen molar-refractivity contribution < 1.29 is 29.4 Å². The van der Waals surface area contributed by atoms with Crippen LogP contribution in [0.25, 0.3) is 12.2 Å². The number of aromatic amines is 1. The van der Waals surface area contributed by atoms with Crippen molar-refractivity contribution in [3.63, 3.8) is 0 Å². The molecular formula is C33H42N4O6S. The number of amides is 2. The van der Waals surface area contributed by atoms with Gasteiger partial charge in [-0.15, -0.1) is 0 Å². The maximum absolute atomic E-state index is 12.5. The van der Waals surface area contributed by atoms with Crippen LogP contribution in [0.1, 0.15) is 75.9 Å². The van der Waals surface area contributed by atoms with E-state index in [4.69, 9.17) is 0 Å². The van der Waals surface area contributed by atoms with Crippen molar-refractivity contribution in [2.24, 2.45) is 11.8 Å². The van der Waals surface area contributed by atoms with Crippen LogP contribution in [-0.4, -0.2) is 56.3 Å². The molecule has 0 aromatic carbocycles. The summed E-state index contributed by atoms with van der Waals surface area (Å²) in [5, 5.41) is 28.4. The molecule has 3 aliphatic heterocycles. The lowest BCUT2D eigenvalue weighted by molar-refractivity contribution is -0.138. The largest absolute Gasteiger partial charge is 0.481 e. The summed E-state index contributed by atoms with van der Waals surface area (Å²) in [5.41, 5.74) is 8.06. The smallest absolute Gasteiger partial charge is 0.303 e. The second-order valence-electron chi connectivity index (χ2n) is 12.0. The highest BCUT2D eigenvalue weighted by Gasteiger charge is 2.38. The average molecular weight is 623 g/mol. The minimum Gasteiger partial charge on any atom is -0.481 e. The van der Waals surface area contributed by atoms with Gasteiger partial charge in [-0.25, -0.2) is 0 Å². The van der Waals surface area contributed by atoms with Crippen LogP contribution in [0, 0.1) is 18.8 Å². The van der Waals surface area contributed by atoms with E-state index >= 15 is 0 Å². The molecule has 1 saturated heterocycles. The van der Waals surface area contributed by atoms with Crippen molar-refractivity contribution in [2.45, 2.75) is 84.1 Å². The maximum Gasteiger partial charge on any atom is 0.303 e. The molecule has 4 rings (SSSR count). The molecular weight excluding hydrogens is 580 g/mol. The van der Waals surface area contributed by atoms with Gasteiger partial charge in [-0.05, 0) is 80.0 Å². The van der Waals surface area contributed by atoms with Crippen LogP contribution in [0.2, 0.25) is 0 Å². The molecule has 1 unspecified atom stereocenters. The first-order valence-corrected chi connectivity index (χ1v) is 15.4. The number of H-pyrrole nitrogens is 1. The van der Waals surface area contributed by atoms with E-state index in [2.05, 4.69) is 40.1 Å². The Morgan fingerprint density at radius 1 is 0.977 bits per heavy atom. The van der Waals surface area contributed by atoms with Crippen LogP contribution in [-0.2, 0) is 25.6 Å². The van der Waals surface area contributed by atoms with Gasteiger partial charge in [0.15, 0.2) is 0 Å². The number of aliphatic carboxylic acids is 2. The fourth-order valence-corrected chi connectivity index (χ4v) is 6.97. The van der Waals surface area contributed by atoms with Crippen LogP contribution < -0.4 is 16.0 Å². The highest BCUT2D eigenvalue weighted by Crippen LogP contribution is 2.36. The summed E-state index contributed by atoms with van der Waals surface area (Å²) in [6.45, 7) is 13.4. The highest BCUT2D eigenvalue weighted by molar-refractivity contribution is 7.80. The Morgan fingerprint density at radius 2 is 1.61 bits per heavy atom. The lowest BCUT2D eigenvalue weighted by atomic mass is 9.91. The summed E-state index contributed by atoms with van der Waals surface area (Å²) in [6, 6.07) is -0.339.